The van der Waals surface area contributed by atoms with Crippen LogP contribution in [0, 0.1) is 0 Å². The van der Waals surface area contributed by atoms with Crippen LogP contribution in [0.1, 0.15) is 29.7 Å². The Balaban J connectivity index is 1.63. The van der Waals surface area contributed by atoms with Crippen molar-refractivity contribution in [3.8, 4) is 0 Å². The molecule has 112 valence electrons. The largest absolute Gasteiger partial charge is 0.609 e. The molecule has 4 rings (SSSR count). The van der Waals surface area contributed by atoms with Gasteiger partial charge in [0.25, 0.3) is 0 Å². The van der Waals surface area contributed by atoms with Gasteiger partial charge in [-0.25, -0.2) is 0 Å². The maximum Gasteiger partial charge on any atom is 0.322 e. The lowest BCUT2D eigenvalue weighted by molar-refractivity contribution is 0.585. The normalized spacial score (nSPS) is 15.7. The molecular formula is C17H17N3OS. The van der Waals surface area contributed by atoms with Gasteiger partial charge in [-0.2, -0.15) is 4.98 Å². The molecule has 1 unspecified atom stereocenters. The van der Waals surface area contributed by atoms with E-state index in [1.165, 1.54) is 24.0 Å². The molecule has 0 spiro atoms. The lowest BCUT2D eigenvalue weighted by Gasteiger charge is -2.18. The van der Waals surface area contributed by atoms with E-state index in [9.17, 15) is 4.55 Å². The molecule has 0 bridgehead atoms. The van der Waals surface area contributed by atoms with Crippen molar-refractivity contribution < 1.29 is 4.55 Å². The minimum atomic E-state index is -1.19. The Bertz CT molecular complexity index is 782. The number of para-hydroxylation sites is 2. The van der Waals surface area contributed by atoms with Gasteiger partial charge in [-0.15, -0.1) is 0 Å². The van der Waals surface area contributed by atoms with Gasteiger partial charge < -0.3 is 4.55 Å². The molecule has 0 saturated carbocycles. The van der Waals surface area contributed by atoms with E-state index in [4.69, 9.17) is 0 Å². The molecule has 2 heterocycles. The third kappa shape index (κ3) is 2.51. The molecule has 0 radical (unpaired) electrons. The van der Waals surface area contributed by atoms with Gasteiger partial charge in [-0.05, 0) is 55.0 Å². The summed E-state index contributed by atoms with van der Waals surface area (Å²) in [6.45, 7) is 0. The number of imidazole rings is 1. The van der Waals surface area contributed by atoms with Crippen LogP contribution in [0.15, 0.2) is 41.7 Å². The molecule has 1 aliphatic carbocycles. The van der Waals surface area contributed by atoms with E-state index in [2.05, 4.69) is 21.0 Å². The molecule has 1 atom stereocenters. The number of H-pyrrole nitrogens is 1. The van der Waals surface area contributed by atoms with Crippen molar-refractivity contribution in [1.82, 2.24) is 15.0 Å². The fourth-order valence-corrected chi connectivity index (χ4v) is 4.15. The van der Waals surface area contributed by atoms with Crippen LogP contribution in [0.3, 0.4) is 0 Å². The van der Waals surface area contributed by atoms with Crippen LogP contribution in [0.4, 0.5) is 0 Å². The number of nitrogens with zero attached hydrogens (tertiary/aromatic N) is 2. The van der Waals surface area contributed by atoms with Crippen LogP contribution in [0.2, 0.25) is 0 Å². The molecule has 22 heavy (non-hydrogen) atoms. The lowest BCUT2D eigenvalue weighted by Crippen LogP contribution is -2.13. The highest BCUT2D eigenvalue weighted by atomic mass is 32.2. The highest BCUT2D eigenvalue weighted by Crippen LogP contribution is 2.25. The van der Waals surface area contributed by atoms with Gasteiger partial charge in [0.05, 0.1) is 16.7 Å². The molecule has 0 aliphatic heterocycles. The number of aromatic nitrogens is 3. The number of hydrogen-bond donors (Lipinski definition) is 1. The third-order valence-electron chi connectivity index (χ3n) is 4.22. The number of benzene rings is 1. The summed E-state index contributed by atoms with van der Waals surface area (Å²) in [6.07, 6.45) is 6.44. The highest BCUT2D eigenvalue weighted by molar-refractivity contribution is 7.90. The van der Waals surface area contributed by atoms with Gasteiger partial charge in [0.15, 0.2) is 5.75 Å². The zero-order valence-corrected chi connectivity index (χ0v) is 13.0. The Labute approximate surface area is 132 Å². The molecule has 5 heteroatoms. The minimum Gasteiger partial charge on any atom is -0.609 e. The molecular weight excluding hydrogens is 294 g/mol. The molecule has 0 amide bonds. The van der Waals surface area contributed by atoms with Gasteiger partial charge in [-0.1, -0.05) is 12.1 Å². The molecule has 1 N–H and O–H groups in total. The second-order valence-electron chi connectivity index (χ2n) is 5.65. The minimum absolute atomic E-state index is 0.434. The van der Waals surface area contributed by atoms with E-state index in [-0.39, 0.29) is 0 Å². The van der Waals surface area contributed by atoms with E-state index in [1.54, 1.807) is 0 Å². The first-order valence-electron chi connectivity index (χ1n) is 7.60. The molecule has 1 aromatic carbocycles. The first kappa shape index (κ1) is 13.8. The molecule has 4 nitrogen and oxygen atoms in total. The average Bonchev–Trinajstić information content (AvgIpc) is 2.99. The number of hydrogen-bond acceptors (Lipinski definition) is 3. The first-order chi connectivity index (χ1) is 10.8. The van der Waals surface area contributed by atoms with E-state index in [1.807, 2.05) is 30.5 Å². The van der Waals surface area contributed by atoms with Crippen LogP contribution in [0.25, 0.3) is 11.0 Å². The predicted molar refractivity (Wildman–Crippen MR) is 87.1 cm³/mol. The summed E-state index contributed by atoms with van der Waals surface area (Å²) < 4.78 is 12.6. The number of rotatable bonds is 3. The quantitative estimate of drug-likeness (QED) is 0.756. The maximum absolute atomic E-state index is 12.6. The lowest BCUT2D eigenvalue weighted by atomic mass is 9.91. The molecule has 0 saturated heterocycles. The Morgan fingerprint density at radius 2 is 2.00 bits per heavy atom. The van der Waals surface area contributed by atoms with Crippen molar-refractivity contribution in [3.05, 3.63) is 53.3 Å². The van der Waals surface area contributed by atoms with Crippen LogP contribution in [-0.4, -0.2) is 19.5 Å². The monoisotopic (exact) mass is 311 g/mol. The summed E-state index contributed by atoms with van der Waals surface area (Å²) in [5, 5.41) is 0.538. The van der Waals surface area contributed by atoms with Crippen molar-refractivity contribution in [1.29, 1.82) is 0 Å². The second kappa shape index (κ2) is 5.74. The zero-order valence-electron chi connectivity index (χ0n) is 12.2. The van der Waals surface area contributed by atoms with Crippen molar-refractivity contribution in [2.45, 2.75) is 36.6 Å². The van der Waals surface area contributed by atoms with Crippen LogP contribution >= 0.6 is 0 Å². The molecule has 0 fully saturated rings. The second-order valence-corrected chi connectivity index (χ2v) is 7.02. The number of nitrogens with one attached hydrogen (secondary N) is 1. The van der Waals surface area contributed by atoms with E-state index in [0.717, 1.165) is 29.6 Å². The number of pyridine rings is 1. The summed E-state index contributed by atoms with van der Waals surface area (Å²) in [5.41, 5.74) is 5.43. The van der Waals surface area contributed by atoms with E-state index >= 15 is 0 Å². The molecule has 2 aromatic heterocycles. The van der Waals surface area contributed by atoms with Crippen molar-refractivity contribution in [2.24, 2.45) is 0 Å². The average molecular weight is 311 g/mol. The number of aryl methyl sites for hydroxylation is 1. The zero-order chi connectivity index (χ0) is 14.9. The van der Waals surface area contributed by atoms with Gasteiger partial charge in [-0.3, -0.25) is 9.97 Å². The van der Waals surface area contributed by atoms with Crippen molar-refractivity contribution in [3.63, 3.8) is 0 Å². The Hall–Kier alpha value is -1.85. The summed E-state index contributed by atoms with van der Waals surface area (Å²) >= 11 is -1.19. The standard InChI is InChI=1S/C17H17N3OS/c21-22(17-19-14-7-3-4-8-15(14)20-17)11-16-13-6-2-1-5-12(13)9-10-18-16/h3-4,7-10H,1-2,5-6,11H2,(H,19,20). The van der Waals surface area contributed by atoms with E-state index < -0.39 is 11.2 Å². The van der Waals surface area contributed by atoms with Crippen LogP contribution in [-0.2, 0) is 29.8 Å². The van der Waals surface area contributed by atoms with Gasteiger partial charge in [0, 0.05) is 17.4 Å². The van der Waals surface area contributed by atoms with Crippen LogP contribution in [0.5, 0.6) is 0 Å². The summed E-state index contributed by atoms with van der Waals surface area (Å²) in [5.74, 6) is 0.434. The van der Waals surface area contributed by atoms with Gasteiger partial charge in [0.1, 0.15) is 0 Å². The maximum atomic E-state index is 12.6. The topological polar surface area (TPSA) is 64.6 Å². The molecule has 3 aromatic rings. The van der Waals surface area contributed by atoms with Gasteiger partial charge in [0.2, 0.25) is 0 Å². The fourth-order valence-electron chi connectivity index (χ4n) is 3.09. The number of aromatic amines is 1. The summed E-state index contributed by atoms with van der Waals surface area (Å²) in [6, 6.07) is 9.86. The van der Waals surface area contributed by atoms with Crippen molar-refractivity contribution >= 4 is 22.2 Å². The van der Waals surface area contributed by atoms with Crippen LogP contribution < -0.4 is 0 Å². The Morgan fingerprint density at radius 1 is 1.14 bits per heavy atom. The fraction of sp³-hybridized carbons (Fsp3) is 0.294. The SMILES string of the molecule is [O-][S+](Cc1nccc2c1CCCC2)c1nc2ccccc2[nH]1. The first-order valence-corrected chi connectivity index (χ1v) is 8.92. The van der Waals surface area contributed by atoms with Crippen molar-refractivity contribution in [2.75, 3.05) is 0 Å². The molecule has 1 aliphatic rings. The highest BCUT2D eigenvalue weighted by Gasteiger charge is 2.22. The summed E-state index contributed by atoms with van der Waals surface area (Å²) in [7, 11) is 0. The van der Waals surface area contributed by atoms with Gasteiger partial charge >= 0.3 is 5.16 Å². The third-order valence-corrected chi connectivity index (χ3v) is 5.38. The van der Waals surface area contributed by atoms with E-state index in [0.29, 0.717) is 10.9 Å². The smallest absolute Gasteiger partial charge is 0.322 e. The Morgan fingerprint density at radius 3 is 2.91 bits per heavy atom. The number of fused-ring (bicyclic) bond motifs is 2. The summed E-state index contributed by atoms with van der Waals surface area (Å²) in [4.78, 5) is 12.1. The predicted octanol–water partition coefficient (Wildman–Crippen LogP) is 3.14. The Kier molecular flexibility index (Phi) is 3.60.